The predicted molar refractivity (Wildman–Crippen MR) is 56.6 cm³/mol. The van der Waals surface area contributed by atoms with Crippen molar-refractivity contribution in [1.29, 1.82) is 0 Å². The molecule has 2 saturated carbocycles. The Morgan fingerprint density at radius 3 is 2.75 bits per heavy atom. The molecule has 0 bridgehead atoms. The minimum absolute atomic E-state index is 0.00329. The first-order chi connectivity index (χ1) is 7.74. The van der Waals surface area contributed by atoms with Gasteiger partial charge in [0.15, 0.2) is 5.69 Å². The van der Waals surface area contributed by atoms with E-state index < -0.39 is 5.97 Å². The van der Waals surface area contributed by atoms with Gasteiger partial charge in [0.2, 0.25) is 0 Å². The van der Waals surface area contributed by atoms with Crippen molar-refractivity contribution in [3.63, 3.8) is 0 Å². The molecule has 0 atom stereocenters. The molecule has 0 aromatic carbocycles. The molecule has 0 aliphatic heterocycles. The number of carbonyl (C=O) groups is 1. The lowest BCUT2D eigenvalue weighted by molar-refractivity contribution is 0.0690. The zero-order valence-corrected chi connectivity index (χ0v) is 8.93. The van der Waals surface area contributed by atoms with Crippen LogP contribution in [-0.4, -0.2) is 28.6 Å². The number of aromatic nitrogens is 1. The van der Waals surface area contributed by atoms with Gasteiger partial charge in [-0.2, -0.15) is 4.98 Å². The van der Waals surface area contributed by atoms with Crippen LogP contribution in [0.3, 0.4) is 0 Å². The van der Waals surface area contributed by atoms with E-state index in [1.165, 1.54) is 19.1 Å². The van der Waals surface area contributed by atoms with E-state index in [4.69, 9.17) is 9.52 Å². The molecule has 0 radical (unpaired) electrons. The number of aromatic carboxylic acids is 1. The van der Waals surface area contributed by atoms with Crippen molar-refractivity contribution in [2.24, 2.45) is 5.92 Å². The minimum atomic E-state index is -1.03. The van der Waals surface area contributed by atoms with E-state index >= 15 is 0 Å². The Kier molecular flexibility index (Phi) is 2.12. The highest BCUT2D eigenvalue weighted by Gasteiger charge is 2.36. The fourth-order valence-electron chi connectivity index (χ4n) is 1.84. The lowest BCUT2D eigenvalue weighted by Crippen LogP contribution is -2.28. The average Bonchev–Trinajstić information content (AvgIpc) is 3.14. The molecule has 0 spiro atoms. The Labute approximate surface area is 93.1 Å². The molecule has 86 valence electrons. The van der Waals surface area contributed by atoms with Crippen molar-refractivity contribution < 1.29 is 14.3 Å². The van der Waals surface area contributed by atoms with Crippen molar-refractivity contribution in [2.75, 3.05) is 11.4 Å². The number of anilines is 1. The number of hydrogen-bond donors (Lipinski definition) is 1. The minimum Gasteiger partial charge on any atom is -0.476 e. The van der Waals surface area contributed by atoms with Gasteiger partial charge in [0.25, 0.3) is 6.01 Å². The summed E-state index contributed by atoms with van der Waals surface area (Å²) in [4.78, 5) is 16.9. The van der Waals surface area contributed by atoms with E-state index in [9.17, 15) is 4.79 Å². The molecule has 5 nitrogen and oxygen atoms in total. The van der Waals surface area contributed by atoms with Gasteiger partial charge in [-0.05, 0) is 31.6 Å². The standard InChI is InChI=1S/C11H14N2O3/c14-10(15)9-6-16-11(12-9)13(8-3-4-8)5-7-1-2-7/h6-8H,1-5H2,(H,14,15). The monoisotopic (exact) mass is 222 g/mol. The maximum atomic E-state index is 10.7. The Balaban J connectivity index is 1.77. The zero-order valence-electron chi connectivity index (χ0n) is 8.93. The number of nitrogens with zero attached hydrogens (tertiary/aromatic N) is 2. The summed E-state index contributed by atoms with van der Waals surface area (Å²) in [5.74, 6) is -0.280. The summed E-state index contributed by atoms with van der Waals surface area (Å²) in [6.07, 6.45) is 6.10. The summed E-state index contributed by atoms with van der Waals surface area (Å²) in [6, 6.07) is 0.993. The Morgan fingerprint density at radius 2 is 2.25 bits per heavy atom. The normalized spacial score (nSPS) is 19.8. The third-order valence-corrected chi connectivity index (χ3v) is 3.10. The number of hydrogen-bond acceptors (Lipinski definition) is 4. The van der Waals surface area contributed by atoms with Crippen LogP contribution in [-0.2, 0) is 0 Å². The van der Waals surface area contributed by atoms with Gasteiger partial charge < -0.3 is 14.4 Å². The predicted octanol–water partition coefficient (Wildman–Crippen LogP) is 1.75. The van der Waals surface area contributed by atoms with Gasteiger partial charge in [0.1, 0.15) is 6.26 Å². The summed E-state index contributed by atoms with van der Waals surface area (Å²) < 4.78 is 5.25. The quantitative estimate of drug-likeness (QED) is 0.822. The molecule has 2 aliphatic rings. The highest BCUT2D eigenvalue weighted by Crippen LogP contribution is 2.37. The molecule has 1 N–H and O–H groups in total. The lowest BCUT2D eigenvalue weighted by Gasteiger charge is -2.19. The SMILES string of the molecule is O=C(O)c1coc(N(CC2CC2)C2CC2)n1. The molecule has 2 aliphatic carbocycles. The fraction of sp³-hybridized carbons (Fsp3) is 0.636. The lowest BCUT2D eigenvalue weighted by atomic mass is 10.4. The second kappa shape index (κ2) is 3.50. The van der Waals surface area contributed by atoms with Crippen LogP contribution in [0.1, 0.15) is 36.2 Å². The Bertz CT molecular complexity index is 407. The van der Waals surface area contributed by atoms with Crippen molar-refractivity contribution >= 4 is 12.0 Å². The van der Waals surface area contributed by atoms with E-state index in [-0.39, 0.29) is 5.69 Å². The highest BCUT2D eigenvalue weighted by molar-refractivity contribution is 5.85. The molecular formula is C11H14N2O3. The van der Waals surface area contributed by atoms with Gasteiger partial charge in [0.05, 0.1) is 0 Å². The summed E-state index contributed by atoms with van der Waals surface area (Å²) in [5, 5.41) is 8.79. The van der Waals surface area contributed by atoms with Gasteiger partial charge in [-0.25, -0.2) is 4.79 Å². The van der Waals surface area contributed by atoms with Gasteiger partial charge in [-0.1, -0.05) is 0 Å². The zero-order chi connectivity index (χ0) is 11.1. The van der Waals surface area contributed by atoms with Gasteiger partial charge in [0, 0.05) is 12.6 Å². The van der Waals surface area contributed by atoms with Crippen molar-refractivity contribution in [3.8, 4) is 0 Å². The summed E-state index contributed by atoms with van der Waals surface area (Å²) >= 11 is 0. The van der Waals surface area contributed by atoms with Crippen LogP contribution in [0.15, 0.2) is 10.7 Å². The molecule has 16 heavy (non-hydrogen) atoms. The molecule has 0 amide bonds. The number of oxazole rings is 1. The molecule has 1 heterocycles. The van der Waals surface area contributed by atoms with E-state index in [0.29, 0.717) is 12.1 Å². The van der Waals surface area contributed by atoms with E-state index in [0.717, 1.165) is 25.3 Å². The number of carboxylic acid groups (broad SMARTS) is 1. The Hall–Kier alpha value is -1.52. The Morgan fingerprint density at radius 1 is 1.50 bits per heavy atom. The molecule has 1 aromatic heterocycles. The molecule has 2 fully saturated rings. The number of carboxylic acids is 1. The molecule has 0 unspecified atom stereocenters. The summed E-state index contributed by atoms with van der Waals surface area (Å²) in [6.45, 7) is 0.963. The summed E-state index contributed by atoms with van der Waals surface area (Å²) in [7, 11) is 0. The topological polar surface area (TPSA) is 66.6 Å². The number of rotatable bonds is 5. The van der Waals surface area contributed by atoms with Crippen LogP contribution >= 0.6 is 0 Å². The van der Waals surface area contributed by atoms with Crippen LogP contribution in [0, 0.1) is 5.92 Å². The average molecular weight is 222 g/mol. The largest absolute Gasteiger partial charge is 0.476 e. The first-order valence-corrected chi connectivity index (χ1v) is 5.69. The van der Waals surface area contributed by atoms with Crippen LogP contribution in [0.2, 0.25) is 0 Å². The van der Waals surface area contributed by atoms with Crippen LogP contribution in [0.5, 0.6) is 0 Å². The van der Waals surface area contributed by atoms with E-state index in [2.05, 4.69) is 9.88 Å². The smallest absolute Gasteiger partial charge is 0.357 e. The molecule has 1 aromatic rings. The molecular weight excluding hydrogens is 208 g/mol. The van der Waals surface area contributed by atoms with Crippen LogP contribution in [0.25, 0.3) is 0 Å². The molecule has 5 heteroatoms. The highest BCUT2D eigenvalue weighted by atomic mass is 16.4. The van der Waals surface area contributed by atoms with Crippen molar-refractivity contribution in [1.82, 2.24) is 4.98 Å². The summed E-state index contributed by atoms with van der Waals surface area (Å²) in [5.41, 5.74) is -0.00329. The van der Waals surface area contributed by atoms with Crippen LogP contribution < -0.4 is 4.90 Å². The van der Waals surface area contributed by atoms with Crippen LogP contribution in [0.4, 0.5) is 6.01 Å². The van der Waals surface area contributed by atoms with Gasteiger partial charge in [-0.15, -0.1) is 0 Å². The second-order valence-corrected chi connectivity index (χ2v) is 4.65. The third-order valence-electron chi connectivity index (χ3n) is 3.10. The maximum Gasteiger partial charge on any atom is 0.357 e. The van der Waals surface area contributed by atoms with E-state index in [1.54, 1.807) is 0 Å². The first-order valence-electron chi connectivity index (χ1n) is 5.69. The third kappa shape index (κ3) is 1.89. The second-order valence-electron chi connectivity index (χ2n) is 4.65. The van der Waals surface area contributed by atoms with Crippen molar-refractivity contribution in [3.05, 3.63) is 12.0 Å². The fourth-order valence-corrected chi connectivity index (χ4v) is 1.84. The van der Waals surface area contributed by atoms with Gasteiger partial charge >= 0.3 is 5.97 Å². The molecule has 0 saturated heterocycles. The molecule has 3 rings (SSSR count). The van der Waals surface area contributed by atoms with Gasteiger partial charge in [-0.3, -0.25) is 0 Å². The van der Waals surface area contributed by atoms with E-state index in [1.807, 2.05) is 0 Å². The first kappa shape index (κ1) is 9.69. The maximum absolute atomic E-state index is 10.7. The van der Waals surface area contributed by atoms with Crippen molar-refractivity contribution in [2.45, 2.75) is 31.7 Å².